The average molecular weight is 249 g/mol. The van der Waals surface area contributed by atoms with Crippen molar-refractivity contribution >= 4 is 29.2 Å². The Morgan fingerprint density at radius 2 is 2.12 bits per heavy atom. The van der Waals surface area contributed by atoms with E-state index < -0.39 is 0 Å². The zero-order valence-corrected chi connectivity index (χ0v) is 10.3. The third-order valence-corrected chi connectivity index (χ3v) is 3.04. The standard InChI is InChI=1S/C12H11NO3S/c1-7(14)5-12-13-10-6-9(16-8(2)15)3-4-11(10)17-12/h3-6,13H,1-2H3/b12-5-. The monoisotopic (exact) mass is 249 g/mol. The van der Waals surface area contributed by atoms with Gasteiger partial charge >= 0.3 is 5.97 Å². The number of ketones is 1. The molecular weight excluding hydrogens is 238 g/mol. The summed E-state index contributed by atoms with van der Waals surface area (Å²) in [5.74, 6) is 0.136. The number of carbonyl (C=O) groups is 2. The summed E-state index contributed by atoms with van der Waals surface area (Å²) in [6, 6.07) is 5.32. The molecule has 0 bridgehead atoms. The highest BCUT2D eigenvalue weighted by Gasteiger charge is 2.17. The summed E-state index contributed by atoms with van der Waals surface area (Å²) < 4.78 is 4.98. The Kier molecular flexibility index (Phi) is 3.19. The van der Waals surface area contributed by atoms with Gasteiger partial charge in [-0.3, -0.25) is 9.59 Å². The number of nitrogens with one attached hydrogen (secondary N) is 1. The van der Waals surface area contributed by atoms with Crippen molar-refractivity contribution < 1.29 is 14.3 Å². The van der Waals surface area contributed by atoms with Crippen molar-refractivity contribution in [1.29, 1.82) is 0 Å². The van der Waals surface area contributed by atoms with Gasteiger partial charge in [-0.05, 0) is 19.1 Å². The first-order valence-electron chi connectivity index (χ1n) is 5.04. The Labute approximate surface area is 103 Å². The number of fused-ring (bicyclic) bond motifs is 1. The van der Waals surface area contributed by atoms with Crippen LogP contribution in [0.2, 0.25) is 0 Å². The van der Waals surface area contributed by atoms with Crippen LogP contribution in [-0.4, -0.2) is 11.8 Å². The van der Waals surface area contributed by atoms with Crippen molar-refractivity contribution in [3.8, 4) is 5.75 Å². The van der Waals surface area contributed by atoms with Crippen LogP contribution in [-0.2, 0) is 9.59 Å². The number of allylic oxidation sites excluding steroid dienone is 1. The molecule has 4 nitrogen and oxygen atoms in total. The molecular formula is C12H11NO3S. The molecule has 88 valence electrons. The molecule has 0 amide bonds. The van der Waals surface area contributed by atoms with Crippen LogP contribution in [0.1, 0.15) is 13.8 Å². The van der Waals surface area contributed by atoms with E-state index >= 15 is 0 Å². The number of esters is 1. The van der Waals surface area contributed by atoms with Gasteiger partial charge in [-0.15, -0.1) is 0 Å². The molecule has 2 rings (SSSR count). The van der Waals surface area contributed by atoms with Crippen molar-refractivity contribution in [2.45, 2.75) is 18.7 Å². The highest BCUT2D eigenvalue weighted by atomic mass is 32.2. The maximum atomic E-state index is 11.0. The van der Waals surface area contributed by atoms with Crippen molar-refractivity contribution in [2.75, 3.05) is 5.32 Å². The molecule has 1 aromatic carbocycles. The van der Waals surface area contributed by atoms with E-state index in [4.69, 9.17) is 4.74 Å². The zero-order valence-electron chi connectivity index (χ0n) is 9.44. The van der Waals surface area contributed by atoms with Crippen molar-refractivity contribution in [2.24, 2.45) is 0 Å². The van der Waals surface area contributed by atoms with Crippen LogP contribution in [0, 0.1) is 0 Å². The van der Waals surface area contributed by atoms with Gasteiger partial charge in [0.05, 0.1) is 10.7 Å². The largest absolute Gasteiger partial charge is 0.427 e. The number of ether oxygens (including phenoxy) is 1. The highest BCUT2D eigenvalue weighted by molar-refractivity contribution is 8.03. The van der Waals surface area contributed by atoms with Crippen LogP contribution in [0.4, 0.5) is 5.69 Å². The molecule has 17 heavy (non-hydrogen) atoms. The lowest BCUT2D eigenvalue weighted by Crippen LogP contribution is -2.01. The molecule has 1 N–H and O–H groups in total. The Balaban J connectivity index is 2.22. The van der Waals surface area contributed by atoms with E-state index in [1.807, 2.05) is 6.07 Å². The number of carbonyl (C=O) groups excluding carboxylic acids is 2. The van der Waals surface area contributed by atoms with Gasteiger partial charge in [-0.25, -0.2) is 0 Å². The second-order valence-corrected chi connectivity index (χ2v) is 4.68. The Morgan fingerprint density at radius 3 is 2.76 bits per heavy atom. The minimum Gasteiger partial charge on any atom is -0.427 e. The quantitative estimate of drug-likeness (QED) is 0.496. The Hall–Kier alpha value is -1.75. The smallest absolute Gasteiger partial charge is 0.308 e. The normalized spacial score (nSPS) is 15.3. The number of hydrogen-bond acceptors (Lipinski definition) is 5. The number of anilines is 1. The topological polar surface area (TPSA) is 55.4 Å². The number of hydrogen-bond donors (Lipinski definition) is 1. The lowest BCUT2D eigenvalue weighted by Gasteiger charge is -2.03. The molecule has 0 saturated heterocycles. The first kappa shape index (κ1) is 11.7. The van der Waals surface area contributed by atoms with Crippen molar-refractivity contribution in [3.05, 3.63) is 29.3 Å². The lowest BCUT2D eigenvalue weighted by molar-refractivity contribution is -0.131. The first-order valence-corrected chi connectivity index (χ1v) is 5.86. The van der Waals surface area contributed by atoms with Crippen molar-refractivity contribution in [3.63, 3.8) is 0 Å². The molecule has 1 aliphatic rings. The molecule has 1 heterocycles. The number of rotatable bonds is 2. The maximum Gasteiger partial charge on any atom is 0.308 e. The average Bonchev–Trinajstić information content (AvgIpc) is 2.56. The van der Waals surface area contributed by atoms with Gasteiger partial charge < -0.3 is 10.1 Å². The Bertz CT molecular complexity index is 522. The molecule has 5 heteroatoms. The molecule has 1 aliphatic heterocycles. The van der Waals surface area contributed by atoms with E-state index in [9.17, 15) is 9.59 Å². The van der Waals surface area contributed by atoms with E-state index in [0.29, 0.717) is 5.75 Å². The van der Waals surface area contributed by atoms with E-state index in [-0.39, 0.29) is 11.8 Å². The fraction of sp³-hybridized carbons (Fsp3) is 0.167. The summed E-state index contributed by atoms with van der Waals surface area (Å²) >= 11 is 1.48. The van der Waals surface area contributed by atoms with Crippen LogP contribution in [0.3, 0.4) is 0 Å². The molecule has 0 aromatic heterocycles. The van der Waals surface area contributed by atoms with E-state index in [1.165, 1.54) is 31.7 Å². The van der Waals surface area contributed by atoms with Crippen LogP contribution < -0.4 is 10.1 Å². The van der Waals surface area contributed by atoms with Crippen molar-refractivity contribution in [1.82, 2.24) is 0 Å². The van der Waals surface area contributed by atoms with E-state index in [2.05, 4.69) is 5.32 Å². The molecule has 0 radical (unpaired) electrons. The molecule has 0 aliphatic carbocycles. The molecule has 0 spiro atoms. The second-order valence-electron chi connectivity index (χ2n) is 3.60. The second kappa shape index (κ2) is 4.63. The summed E-state index contributed by atoms with van der Waals surface area (Å²) in [6.07, 6.45) is 1.54. The van der Waals surface area contributed by atoms with Crippen LogP contribution in [0.15, 0.2) is 34.2 Å². The van der Waals surface area contributed by atoms with E-state index in [1.54, 1.807) is 12.1 Å². The van der Waals surface area contributed by atoms with Crippen LogP contribution in [0.25, 0.3) is 0 Å². The SMILES string of the molecule is CC(=O)/C=C1/Nc2cc(OC(C)=O)ccc2S1. The summed E-state index contributed by atoms with van der Waals surface area (Å²) in [6.45, 7) is 2.86. The summed E-state index contributed by atoms with van der Waals surface area (Å²) in [7, 11) is 0. The summed E-state index contributed by atoms with van der Waals surface area (Å²) in [5, 5.41) is 3.88. The van der Waals surface area contributed by atoms with E-state index in [0.717, 1.165) is 15.6 Å². The predicted molar refractivity (Wildman–Crippen MR) is 66.0 cm³/mol. The summed E-state index contributed by atoms with van der Waals surface area (Å²) in [5.41, 5.74) is 0.848. The molecule has 0 fully saturated rings. The van der Waals surface area contributed by atoms with Gasteiger partial charge in [0, 0.05) is 24.0 Å². The fourth-order valence-electron chi connectivity index (χ4n) is 1.45. The Morgan fingerprint density at radius 1 is 1.35 bits per heavy atom. The minimum atomic E-state index is -0.352. The highest BCUT2D eigenvalue weighted by Crippen LogP contribution is 2.42. The van der Waals surface area contributed by atoms with Gasteiger partial charge in [0.1, 0.15) is 5.75 Å². The predicted octanol–water partition coefficient (Wildman–Crippen LogP) is 2.56. The van der Waals surface area contributed by atoms with Gasteiger partial charge in [-0.1, -0.05) is 11.8 Å². The number of thioether (sulfide) groups is 1. The van der Waals surface area contributed by atoms with Gasteiger partial charge in [-0.2, -0.15) is 0 Å². The third-order valence-electron chi connectivity index (χ3n) is 2.02. The zero-order chi connectivity index (χ0) is 12.4. The fourth-order valence-corrected chi connectivity index (χ4v) is 2.43. The maximum absolute atomic E-state index is 11.0. The van der Waals surface area contributed by atoms with Gasteiger partial charge in [0.15, 0.2) is 5.78 Å². The molecule has 0 saturated carbocycles. The minimum absolute atomic E-state index is 0.00647. The summed E-state index contributed by atoms with van der Waals surface area (Å²) in [4.78, 5) is 22.8. The van der Waals surface area contributed by atoms with Gasteiger partial charge in [0.2, 0.25) is 0 Å². The lowest BCUT2D eigenvalue weighted by atomic mass is 10.3. The first-order chi connectivity index (χ1) is 8.04. The third kappa shape index (κ3) is 2.88. The van der Waals surface area contributed by atoms with Gasteiger partial charge in [0.25, 0.3) is 0 Å². The molecule has 0 atom stereocenters. The molecule has 1 aromatic rings. The van der Waals surface area contributed by atoms with Crippen LogP contribution in [0.5, 0.6) is 5.75 Å². The van der Waals surface area contributed by atoms with Crippen LogP contribution >= 0.6 is 11.8 Å². The number of benzene rings is 1. The molecule has 0 unspecified atom stereocenters.